The molecule has 0 saturated heterocycles. The molecule has 3 heterocycles. The Labute approximate surface area is 148 Å². The van der Waals surface area contributed by atoms with Crippen molar-refractivity contribution >= 4 is 23.1 Å². The number of aromatic nitrogens is 3. The molecule has 5 nitrogen and oxygen atoms in total. The number of halogens is 3. The van der Waals surface area contributed by atoms with Crippen LogP contribution in [0, 0.1) is 18.3 Å². The second kappa shape index (κ2) is 6.85. The Balaban J connectivity index is 1.84. The lowest BCUT2D eigenvalue weighted by Crippen LogP contribution is -2.10. The van der Waals surface area contributed by atoms with Gasteiger partial charge in [-0.05, 0) is 24.4 Å². The molecular formula is C15H9F3N4OS2. The first-order valence-corrected chi connectivity index (χ1v) is 8.78. The summed E-state index contributed by atoms with van der Waals surface area (Å²) in [5.41, 5.74) is -0.526. The maximum Gasteiger partial charge on any atom is 0.417 e. The SMILES string of the molecule is Cc1cc(C(F)(F)F)c(C#N)c(SCc2noc(-c3ccsc3)n2)n1. The first-order valence-electron chi connectivity index (χ1n) is 6.85. The highest BCUT2D eigenvalue weighted by molar-refractivity contribution is 7.98. The van der Waals surface area contributed by atoms with Crippen LogP contribution in [-0.4, -0.2) is 15.1 Å². The number of nitrogens with zero attached hydrogens (tertiary/aromatic N) is 4. The van der Waals surface area contributed by atoms with Crippen LogP contribution < -0.4 is 0 Å². The number of pyridine rings is 1. The number of thiophene rings is 1. The van der Waals surface area contributed by atoms with Crippen molar-refractivity contribution in [1.29, 1.82) is 5.26 Å². The van der Waals surface area contributed by atoms with Crippen molar-refractivity contribution in [2.24, 2.45) is 0 Å². The summed E-state index contributed by atoms with van der Waals surface area (Å²) in [5, 5.41) is 16.6. The van der Waals surface area contributed by atoms with Crippen molar-refractivity contribution < 1.29 is 17.7 Å². The minimum absolute atomic E-state index is 0.00305. The standard InChI is InChI=1S/C15H9F3N4OS2/c1-8-4-11(15(16,17)18)10(5-19)14(20-8)25-7-12-21-13(23-22-12)9-2-3-24-6-9/h2-4,6H,7H2,1H3. The van der Waals surface area contributed by atoms with E-state index in [0.29, 0.717) is 11.7 Å². The zero-order chi connectivity index (χ0) is 18.0. The molecule has 0 atom stereocenters. The summed E-state index contributed by atoms with van der Waals surface area (Å²) < 4.78 is 44.4. The van der Waals surface area contributed by atoms with Crippen LogP contribution in [0.15, 0.2) is 32.4 Å². The van der Waals surface area contributed by atoms with Gasteiger partial charge in [-0.2, -0.15) is 34.8 Å². The van der Waals surface area contributed by atoms with Crippen molar-refractivity contribution in [2.45, 2.75) is 23.9 Å². The van der Waals surface area contributed by atoms with Gasteiger partial charge < -0.3 is 4.52 Å². The predicted molar refractivity (Wildman–Crippen MR) is 85.9 cm³/mol. The third-order valence-corrected chi connectivity index (χ3v) is 4.76. The molecule has 0 aliphatic carbocycles. The molecular weight excluding hydrogens is 373 g/mol. The van der Waals surface area contributed by atoms with Gasteiger partial charge in [0.25, 0.3) is 5.89 Å². The number of nitriles is 1. The largest absolute Gasteiger partial charge is 0.417 e. The Hall–Kier alpha value is -2.38. The summed E-state index contributed by atoms with van der Waals surface area (Å²) in [6, 6.07) is 4.28. The van der Waals surface area contributed by atoms with E-state index in [0.717, 1.165) is 23.4 Å². The number of thioether (sulfide) groups is 1. The first kappa shape index (κ1) is 17.4. The van der Waals surface area contributed by atoms with Crippen LogP contribution in [0.5, 0.6) is 0 Å². The van der Waals surface area contributed by atoms with E-state index >= 15 is 0 Å². The fourth-order valence-electron chi connectivity index (χ4n) is 2.03. The molecule has 0 radical (unpaired) electrons. The van der Waals surface area contributed by atoms with E-state index in [1.54, 1.807) is 6.07 Å². The topological polar surface area (TPSA) is 75.6 Å². The molecule has 0 aromatic carbocycles. The van der Waals surface area contributed by atoms with Crippen molar-refractivity contribution in [3.63, 3.8) is 0 Å². The van der Waals surface area contributed by atoms with E-state index in [9.17, 15) is 13.2 Å². The fourth-order valence-corrected chi connectivity index (χ4v) is 3.55. The Kier molecular flexibility index (Phi) is 4.78. The van der Waals surface area contributed by atoms with Crippen molar-refractivity contribution in [1.82, 2.24) is 15.1 Å². The highest BCUT2D eigenvalue weighted by Crippen LogP contribution is 2.36. The van der Waals surface area contributed by atoms with Crippen molar-refractivity contribution in [3.8, 4) is 17.5 Å². The maximum absolute atomic E-state index is 13.1. The lowest BCUT2D eigenvalue weighted by atomic mass is 10.1. The Morgan fingerprint density at radius 3 is 2.80 bits per heavy atom. The highest BCUT2D eigenvalue weighted by Gasteiger charge is 2.35. The smallest absolute Gasteiger partial charge is 0.334 e. The lowest BCUT2D eigenvalue weighted by molar-refractivity contribution is -0.138. The van der Waals surface area contributed by atoms with Crippen LogP contribution in [0.2, 0.25) is 0 Å². The quantitative estimate of drug-likeness (QED) is 0.610. The lowest BCUT2D eigenvalue weighted by Gasteiger charge is -2.12. The van der Waals surface area contributed by atoms with Crippen LogP contribution in [0.1, 0.15) is 22.6 Å². The van der Waals surface area contributed by atoms with Crippen molar-refractivity contribution in [2.75, 3.05) is 0 Å². The molecule has 0 spiro atoms. The van der Waals surface area contributed by atoms with Gasteiger partial charge >= 0.3 is 6.18 Å². The molecule has 3 rings (SSSR count). The van der Waals surface area contributed by atoms with Gasteiger partial charge in [-0.25, -0.2) is 4.98 Å². The average Bonchev–Trinajstić information content (AvgIpc) is 3.22. The maximum atomic E-state index is 13.1. The van der Waals surface area contributed by atoms with Crippen LogP contribution in [-0.2, 0) is 11.9 Å². The normalized spacial score (nSPS) is 11.5. The molecule has 0 fully saturated rings. The number of aryl methyl sites for hydroxylation is 1. The Bertz CT molecular complexity index is 929. The third-order valence-electron chi connectivity index (χ3n) is 3.11. The molecule has 0 aliphatic heterocycles. The van der Waals surface area contributed by atoms with E-state index in [1.807, 2.05) is 16.8 Å². The van der Waals surface area contributed by atoms with Gasteiger partial charge in [-0.1, -0.05) is 16.9 Å². The Morgan fingerprint density at radius 1 is 1.36 bits per heavy atom. The number of hydrogen-bond donors (Lipinski definition) is 0. The molecule has 25 heavy (non-hydrogen) atoms. The van der Waals surface area contributed by atoms with Crippen molar-refractivity contribution in [3.05, 3.63) is 45.5 Å². The zero-order valence-corrected chi connectivity index (χ0v) is 14.3. The second-order valence-electron chi connectivity index (χ2n) is 4.92. The van der Waals surface area contributed by atoms with Gasteiger partial charge in [0, 0.05) is 11.1 Å². The molecule has 128 valence electrons. The number of rotatable bonds is 4. The minimum Gasteiger partial charge on any atom is -0.334 e. The number of alkyl halides is 3. The summed E-state index contributed by atoms with van der Waals surface area (Å²) in [5.74, 6) is 0.785. The molecule has 0 amide bonds. The zero-order valence-electron chi connectivity index (χ0n) is 12.7. The monoisotopic (exact) mass is 382 g/mol. The van der Waals surface area contributed by atoms with E-state index in [-0.39, 0.29) is 16.5 Å². The van der Waals surface area contributed by atoms with Gasteiger partial charge in [0.2, 0.25) is 0 Å². The fraction of sp³-hybridized carbons (Fsp3) is 0.200. The summed E-state index contributed by atoms with van der Waals surface area (Å²) in [4.78, 5) is 8.24. The van der Waals surface area contributed by atoms with Gasteiger partial charge in [0.1, 0.15) is 11.1 Å². The van der Waals surface area contributed by atoms with E-state index in [2.05, 4.69) is 15.1 Å². The van der Waals surface area contributed by atoms with E-state index in [1.165, 1.54) is 18.3 Å². The summed E-state index contributed by atoms with van der Waals surface area (Å²) >= 11 is 2.44. The molecule has 0 aliphatic rings. The van der Waals surface area contributed by atoms with Crippen LogP contribution in [0.4, 0.5) is 13.2 Å². The third kappa shape index (κ3) is 3.83. The highest BCUT2D eigenvalue weighted by atomic mass is 32.2. The molecule has 0 bridgehead atoms. The first-order chi connectivity index (χ1) is 11.9. The second-order valence-corrected chi connectivity index (χ2v) is 6.66. The van der Waals surface area contributed by atoms with Crippen LogP contribution in [0.25, 0.3) is 11.5 Å². The summed E-state index contributed by atoms with van der Waals surface area (Å²) in [6.45, 7) is 1.45. The average molecular weight is 382 g/mol. The molecule has 3 aromatic heterocycles. The summed E-state index contributed by atoms with van der Waals surface area (Å²) in [7, 11) is 0. The Morgan fingerprint density at radius 2 is 2.16 bits per heavy atom. The van der Waals surface area contributed by atoms with E-state index in [4.69, 9.17) is 9.78 Å². The van der Waals surface area contributed by atoms with Gasteiger partial charge in [-0.15, -0.1) is 0 Å². The minimum atomic E-state index is -4.62. The van der Waals surface area contributed by atoms with Crippen LogP contribution in [0.3, 0.4) is 0 Å². The molecule has 0 saturated carbocycles. The van der Waals surface area contributed by atoms with Gasteiger partial charge in [0.15, 0.2) is 5.82 Å². The van der Waals surface area contributed by atoms with Gasteiger partial charge in [0.05, 0.1) is 22.4 Å². The van der Waals surface area contributed by atoms with E-state index < -0.39 is 17.3 Å². The molecule has 3 aromatic rings. The number of hydrogen-bond acceptors (Lipinski definition) is 7. The predicted octanol–water partition coefficient (Wildman–Crippen LogP) is 4.68. The molecule has 0 unspecified atom stereocenters. The summed E-state index contributed by atoms with van der Waals surface area (Å²) in [6.07, 6.45) is -4.62. The molecule has 0 N–H and O–H groups in total. The molecule has 10 heteroatoms. The van der Waals surface area contributed by atoms with Crippen LogP contribution >= 0.6 is 23.1 Å². The van der Waals surface area contributed by atoms with Gasteiger partial charge in [-0.3, -0.25) is 0 Å².